The SMILES string of the molecule is ClCC1(NCC2Cc3ccccc3O2)CCOCC1. The Bertz CT molecular complexity index is 407. The number of para-hydroxylation sites is 1. The third-order valence-electron chi connectivity index (χ3n) is 4.12. The van der Waals surface area contributed by atoms with Gasteiger partial charge in [0.1, 0.15) is 11.9 Å². The minimum Gasteiger partial charge on any atom is -0.488 e. The molecule has 1 aromatic carbocycles. The summed E-state index contributed by atoms with van der Waals surface area (Å²) in [6.45, 7) is 2.44. The van der Waals surface area contributed by atoms with Crippen LogP contribution in [-0.4, -0.2) is 37.3 Å². The number of halogens is 1. The van der Waals surface area contributed by atoms with Crippen LogP contribution in [0.15, 0.2) is 24.3 Å². The lowest BCUT2D eigenvalue weighted by Crippen LogP contribution is -2.53. The highest BCUT2D eigenvalue weighted by molar-refractivity contribution is 6.18. The fraction of sp³-hybridized carbons (Fsp3) is 0.600. The number of fused-ring (bicyclic) bond motifs is 1. The van der Waals surface area contributed by atoms with Crippen molar-refractivity contribution in [2.24, 2.45) is 0 Å². The first-order chi connectivity index (χ1) is 9.31. The number of benzene rings is 1. The van der Waals surface area contributed by atoms with Crippen LogP contribution in [-0.2, 0) is 11.2 Å². The summed E-state index contributed by atoms with van der Waals surface area (Å²) in [5.74, 6) is 1.66. The molecule has 0 amide bonds. The van der Waals surface area contributed by atoms with Crippen LogP contribution in [0.4, 0.5) is 0 Å². The van der Waals surface area contributed by atoms with E-state index >= 15 is 0 Å². The quantitative estimate of drug-likeness (QED) is 0.860. The molecule has 0 radical (unpaired) electrons. The number of alkyl halides is 1. The second-order valence-electron chi connectivity index (χ2n) is 5.46. The molecule has 0 aromatic heterocycles. The predicted octanol–water partition coefficient (Wildman–Crippen LogP) is 2.37. The normalized spacial score (nSPS) is 24.8. The van der Waals surface area contributed by atoms with Gasteiger partial charge in [0.05, 0.1) is 0 Å². The third kappa shape index (κ3) is 2.88. The highest BCUT2D eigenvalue weighted by Crippen LogP contribution is 2.29. The molecule has 1 N–H and O–H groups in total. The average molecular weight is 282 g/mol. The van der Waals surface area contributed by atoms with Gasteiger partial charge in [0.25, 0.3) is 0 Å². The van der Waals surface area contributed by atoms with E-state index < -0.39 is 0 Å². The highest BCUT2D eigenvalue weighted by atomic mass is 35.5. The fourth-order valence-corrected chi connectivity index (χ4v) is 3.18. The van der Waals surface area contributed by atoms with Gasteiger partial charge >= 0.3 is 0 Å². The minimum absolute atomic E-state index is 0.0257. The summed E-state index contributed by atoms with van der Waals surface area (Å²) in [7, 11) is 0. The van der Waals surface area contributed by atoms with Gasteiger partial charge in [-0.25, -0.2) is 0 Å². The molecule has 0 aliphatic carbocycles. The number of ether oxygens (including phenoxy) is 2. The van der Waals surface area contributed by atoms with Crippen molar-refractivity contribution in [2.75, 3.05) is 25.6 Å². The Balaban J connectivity index is 1.56. The van der Waals surface area contributed by atoms with E-state index in [2.05, 4.69) is 17.4 Å². The maximum absolute atomic E-state index is 6.15. The lowest BCUT2D eigenvalue weighted by molar-refractivity contribution is 0.0426. The molecule has 104 valence electrons. The van der Waals surface area contributed by atoms with Gasteiger partial charge in [-0.1, -0.05) is 18.2 Å². The molecule has 19 heavy (non-hydrogen) atoms. The van der Waals surface area contributed by atoms with Crippen LogP contribution in [0.25, 0.3) is 0 Å². The third-order valence-corrected chi connectivity index (χ3v) is 4.64. The highest BCUT2D eigenvalue weighted by Gasteiger charge is 2.33. The van der Waals surface area contributed by atoms with Crippen molar-refractivity contribution in [3.05, 3.63) is 29.8 Å². The summed E-state index contributed by atoms with van der Waals surface area (Å²) < 4.78 is 11.4. The summed E-state index contributed by atoms with van der Waals surface area (Å²) in [6.07, 6.45) is 3.17. The summed E-state index contributed by atoms with van der Waals surface area (Å²) in [4.78, 5) is 0. The van der Waals surface area contributed by atoms with E-state index in [1.54, 1.807) is 0 Å². The van der Waals surface area contributed by atoms with Crippen molar-refractivity contribution < 1.29 is 9.47 Å². The van der Waals surface area contributed by atoms with Crippen LogP contribution in [0.5, 0.6) is 5.75 Å². The average Bonchev–Trinajstić information content (AvgIpc) is 2.89. The first kappa shape index (κ1) is 13.2. The molecule has 0 bridgehead atoms. The van der Waals surface area contributed by atoms with Gasteiger partial charge in [-0.15, -0.1) is 11.6 Å². The molecule has 2 aliphatic rings. The molecule has 1 unspecified atom stereocenters. The molecular weight excluding hydrogens is 262 g/mol. The fourth-order valence-electron chi connectivity index (χ4n) is 2.82. The van der Waals surface area contributed by atoms with Crippen molar-refractivity contribution >= 4 is 11.6 Å². The second-order valence-corrected chi connectivity index (χ2v) is 5.73. The van der Waals surface area contributed by atoms with Crippen LogP contribution in [0.1, 0.15) is 18.4 Å². The first-order valence-corrected chi connectivity index (χ1v) is 7.48. The topological polar surface area (TPSA) is 30.5 Å². The number of hydrogen-bond donors (Lipinski definition) is 1. The van der Waals surface area contributed by atoms with E-state index in [9.17, 15) is 0 Å². The molecule has 4 heteroatoms. The van der Waals surface area contributed by atoms with Gasteiger partial charge in [-0.3, -0.25) is 0 Å². The summed E-state index contributed by atoms with van der Waals surface area (Å²) in [5, 5.41) is 3.62. The van der Waals surface area contributed by atoms with Gasteiger partial charge in [-0.05, 0) is 24.5 Å². The maximum Gasteiger partial charge on any atom is 0.123 e. The van der Waals surface area contributed by atoms with E-state index in [0.29, 0.717) is 5.88 Å². The molecule has 1 saturated heterocycles. The number of nitrogens with one attached hydrogen (secondary N) is 1. The van der Waals surface area contributed by atoms with Crippen molar-refractivity contribution in [1.29, 1.82) is 0 Å². The first-order valence-electron chi connectivity index (χ1n) is 6.95. The van der Waals surface area contributed by atoms with Gasteiger partial charge in [0.2, 0.25) is 0 Å². The van der Waals surface area contributed by atoms with E-state index in [4.69, 9.17) is 21.1 Å². The number of hydrogen-bond acceptors (Lipinski definition) is 3. The Labute approximate surface area is 119 Å². The largest absolute Gasteiger partial charge is 0.488 e. The summed E-state index contributed by atoms with van der Waals surface area (Å²) in [5.41, 5.74) is 1.33. The Kier molecular flexibility index (Phi) is 3.96. The van der Waals surface area contributed by atoms with Crippen LogP contribution in [0, 0.1) is 0 Å². The van der Waals surface area contributed by atoms with Crippen molar-refractivity contribution in [3.63, 3.8) is 0 Å². The molecule has 1 aromatic rings. The molecular formula is C15H20ClNO2. The lowest BCUT2D eigenvalue weighted by Gasteiger charge is -2.37. The van der Waals surface area contributed by atoms with Gasteiger partial charge < -0.3 is 14.8 Å². The second kappa shape index (κ2) is 5.70. The molecule has 0 spiro atoms. The van der Waals surface area contributed by atoms with Gasteiger partial charge in [0, 0.05) is 37.6 Å². The molecule has 2 aliphatic heterocycles. The Hall–Kier alpha value is -0.770. The monoisotopic (exact) mass is 281 g/mol. The van der Waals surface area contributed by atoms with Gasteiger partial charge in [0.15, 0.2) is 0 Å². The molecule has 2 heterocycles. The van der Waals surface area contributed by atoms with Crippen LogP contribution >= 0.6 is 11.6 Å². The minimum atomic E-state index is 0.0257. The van der Waals surface area contributed by atoms with E-state index in [-0.39, 0.29) is 11.6 Å². The van der Waals surface area contributed by atoms with Crippen molar-refractivity contribution in [1.82, 2.24) is 5.32 Å². The molecule has 3 rings (SSSR count). The lowest BCUT2D eigenvalue weighted by atomic mass is 9.92. The zero-order chi connectivity index (χ0) is 13.1. The van der Waals surface area contributed by atoms with Crippen molar-refractivity contribution in [3.8, 4) is 5.75 Å². The number of rotatable bonds is 4. The molecule has 1 atom stereocenters. The van der Waals surface area contributed by atoms with Crippen LogP contribution in [0.3, 0.4) is 0 Å². The molecule has 3 nitrogen and oxygen atoms in total. The standard InChI is InChI=1S/C15H20ClNO2/c16-11-15(5-7-18-8-6-15)17-10-13-9-12-3-1-2-4-14(12)19-13/h1-4,13,17H,5-11H2. The Morgan fingerprint density at radius 1 is 1.26 bits per heavy atom. The molecule has 0 saturated carbocycles. The van der Waals surface area contributed by atoms with E-state index in [1.165, 1.54) is 5.56 Å². The van der Waals surface area contributed by atoms with Crippen LogP contribution in [0.2, 0.25) is 0 Å². The van der Waals surface area contributed by atoms with E-state index in [1.807, 2.05) is 12.1 Å². The summed E-state index contributed by atoms with van der Waals surface area (Å²) >= 11 is 6.15. The predicted molar refractivity (Wildman–Crippen MR) is 76.1 cm³/mol. The smallest absolute Gasteiger partial charge is 0.123 e. The molecule has 1 fully saturated rings. The van der Waals surface area contributed by atoms with Gasteiger partial charge in [-0.2, -0.15) is 0 Å². The summed E-state index contributed by atoms with van der Waals surface area (Å²) in [6, 6.07) is 8.27. The Morgan fingerprint density at radius 2 is 2.05 bits per heavy atom. The van der Waals surface area contributed by atoms with Crippen LogP contribution < -0.4 is 10.1 Å². The zero-order valence-electron chi connectivity index (χ0n) is 11.0. The van der Waals surface area contributed by atoms with E-state index in [0.717, 1.165) is 44.8 Å². The Morgan fingerprint density at radius 3 is 2.79 bits per heavy atom. The van der Waals surface area contributed by atoms with Crippen molar-refractivity contribution in [2.45, 2.75) is 30.9 Å². The zero-order valence-corrected chi connectivity index (χ0v) is 11.8. The maximum atomic E-state index is 6.15.